The number of hydrogen-bond acceptors (Lipinski definition) is 5. The third-order valence-electron chi connectivity index (χ3n) is 2.72. The van der Waals surface area contributed by atoms with Crippen molar-refractivity contribution in [3.8, 4) is 17.0 Å². The molecule has 0 bridgehead atoms. The first-order valence-electron chi connectivity index (χ1n) is 6.17. The number of benzene rings is 1. The highest BCUT2D eigenvalue weighted by molar-refractivity contribution is 5.97. The van der Waals surface area contributed by atoms with E-state index in [-0.39, 0.29) is 5.69 Å². The van der Waals surface area contributed by atoms with Gasteiger partial charge in [-0.25, -0.2) is 0 Å². The maximum absolute atomic E-state index is 11.3. The van der Waals surface area contributed by atoms with E-state index < -0.39 is 5.91 Å². The SMILES string of the molecule is CN(C)CCOc1ccccc1-c1n[nH]nc1C(N)=O. The van der Waals surface area contributed by atoms with Crippen molar-refractivity contribution in [2.24, 2.45) is 5.73 Å². The van der Waals surface area contributed by atoms with E-state index in [0.29, 0.717) is 23.6 Å². The van der Waals surface area contributed by atoms with Crippen molar-refractivity contribution in [1.29, 1.82) is 0 Å². The van der Waals surface area contributed by atoms with Gasteiger partial charge in [0, 0.05) is 12.1 Å². The molecule has 1 aromatic carbocycles. The van der Waals surface area contributed by atoms with Crippen molar-refractivity contribution in [2.75, 3.05) is 27.2 Å². The van der Waals surface area contributed by atoms with E-state index in [2.05, 4.69) is 15.4 Å². The summed E-state index contributed by atoms with van der Waals surface area (Å²) in [5.41, 5.74) is 6.47. The van der Waals surface area contributed by atoms with Crippen molar-refractivity contribution < 1.29 is 9.53 Å². The first-order valence-corrected chi connectivity index (χ1v) is 6.17. The third kappa shape index (κ3) is 3.12. The van der Waals surface area contributed by atoms with Crippen LogP contribution in [0.15, 0.2) is 24.3 Å². The molecule has 0 spiro atoms. The summed E-state index contributed by atoms with van der Waals surface area (Å²) in [7, 11) is 3.94. The number of nitrogens with one attached hydrogen (secondary N) is 1. The van der Waals surface area contributed by atoms with E-state index in [0.717, 1.165) is 6.54 Å². The monoisotopic (exact) mass is 275 g/mol. The molecule has 0 radical (unpaired) electrons. The van der Waals surface area contributed by atoms with E-state index in [1.807, 2.05) is 43.3 Å². The predicted molar refractivity (Wildman–Crippen MR) is 74.4 cm³/mol. The summed E-state index contributed by atoms with van der Waals surface area (Å²) in [5, 5.41) is 10.2. The minimum Gasteiger partial charge on any atom is -0.492 e. The Morgan fingerprint density at radius 1 is 1.35 bits per heavy atom. The number of nitrogens with zero attached hydrogens (tertiary/aromatic N) is 3. The highest BCUT2D eigenvalue weighted by Crippen LogP contribution is 2.29. The molecule has 0 atom stereocenters. The fraction of sp³-hybridized carbons (Fsp3) is 0.308. The summed E-state index contributed by atoms with van der Waals surface area (Å²) in [5.74, 6) is 0.0163. The normalized spacial score (nSPS) is 10.8. The third-order valence-corrected chi connectivity index (χ3v) is 2.72. The fourth-order valence-corrected chi connectivity index (χ4v) is 1.72. The molecule has 1 amide bonds. The number of rotatable bonds is 6. The smallest absolute Gasteiger partial charge is 0.271 e. The van der Waals surface area contributed by atoms with E-state index in [1.54, 1.807) is 0 Å². The van der Waals surface area contributed by atoms with Crippen LogP contribution in [0.25, 0.3) is 11.3 Å². The quantitative estimate of drug-likeness (QED) is 0.800. The Morgan fingerprint density at radius 3 is 2.80 bits per heavy atom. The summed E-state index contributed by atoms with van der Waals surface area (Å²) in [6.07, 6.45) is 0. The van der Waals surface area contributed by atoms with Crippen LogP contribution in [0, 0.1) is 0 Å². The van der Waals surface area contributed by atoms with Crippen LogP contribution < -0.4 is 10.5 Å². The van der Waals surface area contributed by atoms with Crippen LogP contribution in [0.4, 0.5) is 0 Å². The van der Waals surface area contributed by atoms with Crippen molar-refractivity contribution >= 4 is 5.91 Å². The highest BCUT2D eigenvalue weighted by atomic mass is 16.5. The zero-order valence-electron chi connectivity index (χ0n) is 11.5. The van der Waals surface area contributed by atoms with Crippen molar-refractivity contribution in [3.63, 3.8) is 0 Å². The van der Waals surface area contributed by atoms with Crippen molar-refractivity contribution in [1.82, 2.24) is 20.3 Å². The van der Waals surface area contributed by atoms with Gasteiger partial charge < -0.3 is 15.4 Å². The minimum atomic E-state index is -0.628. The van der Waals surface area contributed by atoms with Gasteiger partial charge in [-0.3, -0.25) is 4.79 Å². The molecule has 0 saturated heterocycles. The lowest BCUT2D eigenvalue weighted by Crippen LogP contribution is -2.19. The minimum absolute atomic E-state index is 0.105. The van der Waals surface area contributed by atoms with Gasteiger partial charge >= 0.3 is 0 Å². The molecule has 0 unspecified atom stereocenters. The lowest BCUT2D eigenvalue weighted by atomic mass is 10.1. The summed E-state index contributed by atoms with van der Waals surface area (Å²) in [6, 6.07) is 7.34. The first-order chi connectivity index (χ1) is 9.59. The van der Waals surface area contributed by atoms with E-state index >= 15 is 0 Å². The number of ether oxygens (including phenoxy) is 1. The number of aromatic amines is 1. The molecule has 0 saturated carbocycles. The van der Waals surface area contributed by atoms with E-state index in [9.17, 15) is 4.79 Å². The number of H-pyrrole nitrogens is 1. The molecule has 0 aliphatic heterocycles. The molecule has 106 valence electrons. The molecular formula is C13H17N5O2. The van der Waals surface area contributed by atoms with Gasteiger partial charge in [0.2, 0.25) is 0 Å². The Bertz CT molecular complexity index is 594. The second kappa shape index (κ2) is 6.16. The van der Waals surface area contributed by atoms with Gasteiger partial charge in [-0.15, -0.1) is 0 Å². The molecule has 2 aromatic rings. The summed E-state index contributed by atoms with van der Waals surface area (Å²) in [6.45, 7) is 1.32. The van der Waals surface area contributed by atoms with Gasteiger partial charge in [0.15, 0.2) is 5.69 Å². The Labute approximate surface area is 116 Å². The maximum atomic E-state index is 11.3. The molecular weight excluding hydrogens is 258 g/mol. The lowest BCUT2D eigenvalue weighted by molar-refractivity contribution is 0.0996. The second-order valence-corrected chi connectivity index (χ2v) is 4.53. The average Bonchev–Trinajstić information content (AvgIpc) is 2.88. The summed E-state index contributed by atoms with van der Waals surface area (Å²) >= 11 is 0. The number of carbonyl (C=O) groups is 1. The van der Waals surface area contributed by atoms with Crippen molar-refractivity contribution in [2.45, 2.75) is 0 Å². The fourth-order valence-electron chi connectivity index (χ4n) is 1.72. The number of likely N-dealkylation sites (N-methyl/N-ethyl adjacent to an activating group) is 1. The van der Waals surface area contributed by atoms with Crippen LogP contribution in [-0.2, 0) is 0 Å². The number of nitrogens with two attached hydrogens (primary N) is 1. The Morgan fingerprint density at radius 2 is 2.10 bits per heavy atom. The number of para-hydroxylation sites is 1. The van der Waals surface area contributed by atoms with Gasteiger partial charge in [-0.1, -0.05) is 12.1 Å². The maximum Gasteiger partial charge on any atom is 0.271 e. The Balaban J connectivity index is 2.27. The van der Waals surface area contributed by atoms with Crippen molar-refractivity contribution in [3.05, 3.63) is 30.0 Å². The first kappa shape index (κ1) is 14.0. The molecule has 0 aliphatic rings. The lowest BCUT2D eigenvalue weighted by Gasteiger charge is -2.13. The number of carbonyl (C=O) groups excluding carboxylic acids is 1. The zero-order valence-corrected chi connectivity index (χ0v) is 11.5. The second-order valence-electron chi connectivity index (χ2n) is 4.53. The predicted octanol–water partition coefficient (Wildman–Crippen LogP) is 0.511. The molecule has 0 aliphatic carbocycles. The molecule has 20 heavy (non-hydrogen) atoms. The van der Waals surface area contributed by atoms with E-state index in [1.165, 1.54) is 0 Å². The van der Waals surface area contributed by atoms with Crippen LogP contribution in [0.5, 0.6) is 5.75 Å². The largest absolute Gasteiger partial charge is 0.492 e. The van der Waals surface area contributed by atoms with Crippen LogP contribution >= 0.6 is 0 Å². The standard InChI is InChI=1S/C13H17N5O2/c1-18(2)7-8-20-10-6-4-3-5-9(10)11-12(13(14)19)16-17-15-11/h3-6H,7-8H2,1-2H3,(H2,14,19)(H,15,16,17). The number of hydrogen-bond donors (Lipinski definition) is 2. The Hall–Kier alpha value is -2.41. The van der Waals surface area contributed by atoms with Gasteiger partial charge in [0.05, 0.1) is 0 Å². The van der Waals surface area contributed by atoms with Gasteiger partial charge in [-0.05, 0) is 26.2 Å². The van der Waals surface area contributed by atoms with Gasteiger partial charge in [-0.2, -0.15) is 15.4 Å². The molecule has 2 rings (SSSR count). The summed E-state index contributed by atoms with van der Waals surface area (Å²) < 4.78 is 5.73. The molecule has 1 heterocycles. The van der Waals surface area contributed by atoms with E-state index in [4.69, 9.17) is 10.5 Å². The molecule has 3 N–H and O–H groups in total. The Kier molecular flexibility index (Phi) is 4.31. The van der Waals surface area contributed by atoms with Gasteiger partial charge in [0.25, 0.3) is 5.91 Å². The van der Waals surface area contributed by atoms with Gasteiger partial charge in [0.1, 0.15) is 18.1 Å². The molecule has 7 heteroatoms. The van der Waals surface area contributed by atoms with Crippen LogP contribution in [-0.4, -0.2) is 53.5 Å². The summed E-state index contributed by atoms with van der Waals surface area (Å²) in [4.78, 5) is 13.3. The highest BCUT2D eigenvalue weighted by Gasteiger charge is 2.18. The molecule has 7 nitrogen and oxygen atoms in total. The molecule has 0 fully saturated rings. The van der Waals surface area contributed by atoms with Crippen LogP contribution in [0.3, 0.4) is 0 Å². The average molecular weight is 275 g/mol. The molecule has 1 aromatic heterocycles. The van der Waals surface area contributed by atoms with Crippen LogP contribution in [0.1, 0.15) is 10.5 Å². The zero-order chi connectivity index (χ0) is 14.5. The number of amides is 1. The number of aromatic nitrogens is 3. The van der Waals surface area contributed by atoms with Crippen LogP contribution in [0.2, 0.25) is 0 Å². The number of primary amides is 1. The topological polar surface area (TPSA) is 97.1 Å².